The highest BCUT2D eigenvalue weighted by Crippen LogP contribution is 2.57. The van der Waals surface area contributed by atoms with Crippen LogP contribution in [0.25, 0.3) is 10.4 Å². The molecule has 1 aromatic carbocycles. The predicted octanol–water partition coefficient (Wildman–Crippen LogP) is 2.26. The first-order valence-electron chi connectivity index (χ1n) is 6.59. The number of hydrogen-bond acceptors (Lipinski definition) is 2. The second-order valence-corrected chi connectivity index (χ2v) is 5.41. The maximum atomic E-state index is 12.5. The molecule has 6 nitrogen and oxygen atoms in total. The lowest BCUT2D eigenvalue weighted by atomic mass is 9.92. The summed E-state index contributed by atoms with van der Waals surface area (Å²) in [6, 6.07) is 9.67. The molecule has 102 valence electrons. The van der Waals surface area contributed by atoms with E-state index in [-0.39, 0.29) is 5.91 Å². The van der Waals surface area contributed by atoms with Crippen molar-refractivity contribution >= 4 is 11.8 Å². The van der Waals surface area contributed by atoms with Gasteiger partial charge in [-0.1, -0.05) is 30.3 Å². The van der Waals surface area contributed by atoms with Crippen molar-refractivity contribution in [1.82, 2.24) is 4.90 Å². The van der Waals surface area contributed by atoms with Crippen molar-refractivity contribution < 1.29 is 9.59 Å². The zero-order valence-corrected chi connectivity index (χ0v) is 10.9. The third-order valence-corrected chi connectivity index (χ3v) is 4.23. The van der Waals surface area contributed by atoms with Gasteiger partial charge < -0.3 is 4.90 Å². The summed E-state index contributed by atoms with van der Waals surface area (Å²) in [5.74, 6) is -0.962. The molecule has 1 aromatic rings. The van der Waals surface area contributed by atoms with Gasteiger partial charge >= 0.3 is 0 Å². The summed E-state index contributed by atoms with van der Waals surface area (Å²) in [4.78, 5) is 28.6. The van der Waals surface area contributed by atoms with Gasteiger partial charge in [-0.25, -0.2) is 0 Å². The normalized spacial score (nSPS) is 22.7. The summed E-state index contributed by atoms with van der Waals surface area (Å²) in [6.45, 7) is 0.854. The standard InChI is InChI=1S/C14H14N4O2/c15-17-16-12(19)11-9-18(13(20)14(11)6-7-14)8-10-4-2-1-3-5-10/h1-5,11H,6-9H2. The lowest BCUT2D eigenvalue weighted by Crippen LogP contribution is -2.27. The molecule has 0 bridgehead atoms. The van der Waals surface area contributed by atoms with Crippen LogP contribution in [0.4, 0.5) is 0 Å². The first-order chi connectivity index (χ1) is 9.67. The van der Waals surface area contributed by atoms with Crippen molar-refractivity contribution in [3.05, 3.63) is 46.3 Å². The van der Waals surface area contributed by atoms with Crippen LogP contribution in [0.2, 0.25) is 0 Å². The van der Waals surface area contributed by atoms with Crippen molar-refractivity contribution in [3.8, 4) is 0 Å². The van der Waals surface area contributed by atoms with Crippen molar-refractivity contribution in [3.63, 3.8) is 0 Å². The molecule has 1 aliphatic heterocycles. The number of rotatable bonds is 3. The Balaban J connectivity index is 1.80. The Morgan fingerprint density at radius 2 is 2.10 bits per heavy atom. The van der Waals surface area contributed by atoms with Gasteiger partial charge in [-0.15, -0.1) is 0 Å². The number of amides is 2. The Morgan fingerprint density at radius 3 is 2.70 bits per heavy atom. The number of nitrogens with zero attached hydrogens (tertiary/aromatic N) is 4. The topological polar surface area (TPSA) is 86.1 Å². The summed E-state index contributed by atoms with van der Waals surface area (Å²) in [5.41, 5.74) is 8.85. The van der Waals surface area contributed by atoms with Crippen molar-refractivity contribution in [1.29, 1.82) is 0 Å². The molecule has 2 amide bonds. The largest absolute Gasteiger partial charge is 0.337 e. The summed E-state index contributed by atoms with van der Waals surface area (Å²) >= 11 is 0. The number of carbonyl (C=O) groups excluding carboxylic acids is 2. The maximum Gasteiger partial charge on any atom is 0.229 e. The molecule has 6 heteroatoms. The zero-order chi connectivity index (χ0) is 14.2. The third-order valence-electron chi connectivity index (χ3n) is 4.23. The molecule has 2 fully saturated rings. The van der Waals surface area contributed by atoms with Gasteiger partial charge in [-0.3, -0.25) is 9.59 Å². The molecule has 1 spiro atoms. The van der Waals surface area contributed by atoms with Crippen molar-refractivity contribution in [2.45, 2.75) is 19.4 Å². The Morgan fingerprint density at radius 1 is 1.40 bits per heavy atom. The summed E-state index contributed by atoms with van der Waals surface area (Å²) in [5, 5.41) is 3.18. The fourth-order valence-corrected chi connectivity index (χ4v) is 3.01. The van der Waals surface area contributed by atoms with E-state index < -0.39 is 17.2 Å². The Kier molecular flexibility index (Phi) is 2.95. The van der Waals surface area contributed by atoms with E-state index in [1.54, 1.807) is 4.90 Å². The van der Waals surface area contributed by atoms with E-state index >= 15 is 0 Å². The molecular weight excluding hydrogens is 256 g/mol. The first-order valence-corrected chi connectivity index (χ1v) is 6.59. The summed E-state index contributed by atoms with van der Waals surface area (Å²) in [7, 11) is 0. The first kappa shape index (κ1) is 12.7. The zero-order valence-electron chi connectivity index (χ0n) is 10.9. The van der Waals surface area contributed by atoms with Gasteiger partial charge in [0.1, 0.15) is 0 Å². The summed E-state index contributed by atoms with van der Waals surface area (Å²) in [6.07, 6.45) is 1.43. The summed E-state index contributed by atoms with van der Waals surface area (Å²) < 4.78 is 0. The van der Waals surface area contributed by atoms with Gasteiger partial charge in [0, 0.05) is 18.0 Å². The van der Waals surface area contributed by atoms with E-state index in [0.29, 0.717) is 25.9 Å². The highest BCUT2D eigenvalue weighted by atomic mass is 16.2. The molecule has 1 aliphatic carbocycles. The Bertz CT molecular complexity index is 603. The molecule has 3 rings (SSSR count). The van der Waals surface area contributed by atoms with E-state index in [0.717, 1.165) is 5.56 Å². The molecule has 1 saturated heterocycles. The van der Waals surface area contributed by atoms with E-state index in [4.69, 9.17) is 5.53 Å². The number of likely N-dealkylation sites (tertiary alicyclic amines) is 1. The fraction of sp³-hybridized carbons (Fsp3) is 0.429. The van der Waals surface area contributed by atoms with Crippen molar-refractivity contribution in [2.75, 3.05) is 6.54 Å². The van der Waals surface area contributed by atoms with Crippen LogP contribution in [0.1, 0.15) is 18.4 Å². The van der Waals surface area contributed by atoms with Crippen LogP contribution in [0.5, 0.6) is 0 Å². The van der Waals surface area contributed by atoms with Crippen LogP contribution in [-0.4, -0.2) is 23.3 Å². The minimum Gasteiger partial charge on any atom is -0.337 e. The molecule has 1 unspecified atom stereocenters. The van der Waals surface area contributed by atoms with Gasteiger partial charge in [-0.05, 0) is 29.1 Å². The Hall–Kier alpha value is -2.33. The van der Waals surface area contributed by atoms with Crippen LogP contribution in [0.15, 0.2) is 35.4 Å². The smallest absolute Gasteiger partial charge is 0.229 e. The molecule has 0 radical (unpaired) electrons. The number of azide groups is 1. The minimum atomic E-state index is -0.583. The third kappa shape index (κ3) is 1.94. The maximum absolute atomic E-state index is 12.5. The van der Waals surface area contributed by atoms with Crippen LogP contribution >= 0.6 is 0 Å². The van der Waals surface area contributed by atoms with E-state index in [2.05, 4.69) is 10.0 Å². The molecule has 0 aromatic heterocycles. The molecule has 0 N–H and O–H groups in total. The molecule has 1 atom stereocenters. The highest BCUT2D eigenvalue weighted by Gasteiger charge is 2.63. The average Bonchev–Trinajstić information content (AvgIpc) is 3.20. The minimum absolute atomic E-state index is 0.0212. The monoisotopic (exact) mass is 270 g/mol. The van der Waals surface area contributed by atoms with Gasteiger partial charge in [-0.2, -0.15) is 0 Å². The van der Waals surface area contributed by atoms with Crippen LogP contribution in [0.3, 0.4) is 0 Å². The fourth-order valence-electron chi connectivity index (χ4n) is 3.01. The Labute approximate surface area is 116 Å². The lowest BCUT2D eigenvalue weighted by molar-refractivity contribution is -0.134. The van der Waals surface area contributed by atoms with Crippen molar-refractivity contribution in [2.24, 2.45) is 16.4 Å². The SMILES string of the molecule is [N-]=[N+]=NC(=O)C1CN(Cc2ccccc2)C(=O)C12CC2. The molecule has 20 heavy (non-hydrogen) atoms. The lowest BCUT2D eigenvalue weighted by Gasteiger charge is -2.16. The van der Waals surface area contributed by atoms with Crippen LogP contribution in [-0.2, 0) is 16.1 Å². The number of hydrogen-bond donors (Lipinski definition) is 0. The van der Waals surface area contributed by atoms with E-state index in [9.17, 15) is 9.59 Å². The van der Waals surface area contributed by atoms with Crippen LogP contribution < -0.4 is 0 Å². The van der Waals surface area contributed by atoms with E-state index in [1.165, 1.54) is 0 Å². The van der Waals surface area contributed by atoms with Gasteiger partial charge in [0.05, 0.1) is 11.3 Å². The van der Waals surface area contributed by atoms with Gasteiger partial charge in [0.2, 0.25) is 11.8 Å². The molecular formula is C14H14N4O2. The second kappa shape index (κ2) is 4.65. The van der Waals surface area contributed by atoms with Crippen LogP contribution in [0, 0.1) is 11.3 Å². The average molecular weight is 270 g/mol. The molecule has 1 heterocycles. The predicted molar refractivity (Wildman–Crippen MR) is 71.2 cm³/mol. The van der Waals surface area contributed by atoms with Gasteiger partial charge in [0.15, 0.2) is 0 Å². The number of benzene rings is 1. The highest BCUT2D eigenvalue weighted by molar-refractivity contribution is 5.96. The molecule has 1 saturated carbocycles. The van der Waals surface area contributed by atoms with E-state index in [1.807, 2.05) is 30.3 Å². The second-order valence-electron chi connectivity index (χ2n) is 5.41. The number of carbonyl (C=O) groups is 2. The molecule has 2 aliphatic rings. The van der Waals surface area contributed by atoms with Gasteiger partial charge in [0.25, 0.3) is 0 Å². The quantitative estimate of drug-likeness (QED) is 0.479.